The van der Waals surface area contributed by atoms with E-state index in [1.165, 1.54) is 11.8 Å². The second kappa shape index (κ2) is 6.43. The summed E-state index contributed by atoms with van der Waals surface area (Å²) >= 11 is 0. The molecule has 0 radical (unpaired) electrons. The van der Waals surface area contributed by atoms with Crippen LogP contribution in [-0.2, 0) is 0 Å². The molecule has 0 bridgehead atoms. The molecule has 3 heterocycles. The van der Waals surface area contributed by atoms with Crippen molar-refractivity contribution >= 4 is 5.71 Å². The predicted octanol–water partition coefficient (Wildman–Crippen LogP) is 2.72. The number of halogens is 2. The van der Waals surface area contributed by atoms with Crippen molar-refractivity contribution in [3.8, 4) is 0 Å². The lowest BCUT2D eigenvalue weighted by Gasteiger charge is -2.26. The highest BCUT2D eigenvalue weighted by Gasteiger charge is 2.28. The molecule has 2 aliphatic heterocycles. The summed E-state index contributed by atoms with van der Waals surface area (Å²) in [5.74, 6) is 0.0522. The van der Waals surface area contributed by atoms with Crippen LogP contribution < -0.4 is 10.6 Å². The first kappa shape index (κ1) is 15.4. The van der Waals surface area contributed by atoms with Gasteiger partial charge in [-0.05, 0) is 36.6 Å². The number of aromatic nitrogens is 1. The van der Waals surface area contributed by atoms with Crippen LogP contribution in [0.15, 0.2) is 46.9 Å². The minimum atomic E-state index is -2.49. The Kier molecular flexibility index (Phi) is 4.14. The first-order valence-corrected chi connectivity index (χ1v) is 8.37. The van der Waals surface area contributed by atoms with E-state index in [4.69, 9.17) is 0 Å². The molecule has 1 fully saturated rings. The minimum absolute atomic E-state index is 0.0183. The fraction of sp³-hybridized carbons (Fsp3) is 0.444. The van der Waals surface area contributed by atoms with Gasteiger partial charge in [-0.2, -0.15) is 0 Å². The van der Waals surface area contributed by atoms with Crippen LogP contribution in [0, 0.1) is 0 Å². The van der Waals surface area contributed by atoms with Gasteiger partial charge in [0, 0.05) is 36.5 Å². The summed E-state index contributed by atoms with van der Waals surface area (Å²) in [6.07, 6.45) is 6.58. The summed E-state index contributed by atoms with van der Waals surface area (Å²) in [5.41, 5.74) is 4.10. The van der Waals surface area contributed by atoms with Gasteiger partial charge in [-0.3, -0.25) is 9.98 Å². The summed E-state index contributed by atoms with van der Waals surface area (Å²) in [5, 5.41) is 6.93. The zero-order chi connectivity index (χ0) is 16.5. The number of alkyl halides is 2. The summed E-state index contributed by atoms with van der Waals surface area (Å²) in [6, 6.07) is 1.97. The van der Waals surface area contributed by atoms with Crippen LogP contribution >= 0.6 is 0 Å². The van der Waals surface area contributed by atoms with Gasteiger partial charge in [-0.15, -0.1) is 0 Å². The number of rotatable bonds is 4. The van der Waals surface area contributed by atoms with Gasteiger partial charge in [0.1, 0.15) is 0 Å². The highest BCUT2D eigenvalue weighted by molar-refractivity contribution is 6.14. The van der Waals surface area contributed by atoms with Gasteiger partial charge < -0.3 is 10.6 Å². The molecule has 2 unspecified atom stereocenters. The number of nitrogens with zero attached hydrogens (tertiary/aromatic N) is 2. The third-order valence-electron chi connectivity index (χ3n) is 4.83. The number of pyridine rings is 1. The molecule has 6 heteroatoms. The summed E-state index contributed by atoms with van der Waals surface area (Å²) in [6.45, 7) is 2.66. The fourth-order valence-electron chi connectivity index (χ4n) is 3.59. The summed E-state index contributed by atoms with van der Waals surface area (Å²) in [7, 11) is 0. The minimum Gasteiger partial charge on any atom is -0.379 e. The first-order chi connectivity index (χ1) is 11.7. The Balaban J connectivity index is 1.64. The van der Waals surface area contributed by atoms with E-state index >= 15 is 0 Å². The number of hydrogen-bond donors (Lipinski definition) is 2. The van der Waals surface area contributed by atoms with Crippen molar-refractivity contribution in [3.63, 3.8) is 0 Å². The van der Waals surface area contributed by atoms with Crippen LogP contribution in [0.4, 0.5) is 8.78 Å². The third-order valence-corrected chi connectivity index (χ3v) is 4.83. The van der Waals surface area contributed by atoms with Crippen LogP contribution in [0.1, 0.15) is 36.3 Å². The maximum Gasteiger partial charge on any atom is 0.265 e. The average molecular weight is 330 g/mol. The van der Waals surface area contributed by atoms with E-state index in [-0.39, 0.29) is 11.5 Å². The fourth-order valence-corrected chi connectivity index (χ4v) is 3.59. The molecule has 0 spiro atoms. The predicted molar refractivity (Wildman–Crippen MR) is 89.4 cm³/mol. The highest BCUT2D eigenvalue weighted by Crippen LogP contribution is 2.35. The van der Waals surface area contributed by atoms with Gasteiger partial charge in [-0.1, -0.05) is 12.2 Å². The van der Waals surface area contributed by atoms with E-state index in [0.29, 0.717) is 12.6 Å². The van der Waals surface area contributed by atoms with Gasteiger partial charge in [-0.25, -0.2) is 8.78 Å². The largest absolute Gasteiger partial charge is 0.379 e. The topological polar surface area (TPSA) is 49.3 Å². The van der Waals surface area contributed by atoms with Crippen molar-refractivity contribution in [1.82, 2.24) is 15.6 Å². The molecule has 1 saturated heterocycles. The molecule has 0 saturated carbocycles. The molecule has 1 aromatic heterocycles. The Morgan fingerprint density at radius 2 is 2.21 bits per heavy atom. The van der Waals surface area contributed by atoms with E-state index in [2.05, 4.69) is 32.8 Å². The quantitative estimate of drug-likeness (QED) is 0.892. The summed E-state index contributed by atoms with van der Waals surface area (Å²) in [4.78, 5) is 8.60. The monoisotopic (exact) mass is 330 g/mol. The third kappa shape index (κ3) is 2.98. The molecule has 0 amide bonds. The Bertz CT molecular complexity index is 717. The van der Waals surface area contributed by atoms with Crippen LogP contribution in [0.3, 0.4) is 0 Å². The number of fused-ring (bicyclic) bond motifs is 1. The lowest BCUT2D eigenvalue weighted by molar-refractivity contribution is 0.151. The van der Waals surface area contributed by atoms with Gasteiger partial charge in [0.15, 0.2) is 0 Å². The smallest absolute Gasteiger partial charge is 0.265 e. The Hall–Kier alpha value is -2.08. The second-order valence-electron chi connectivity index (χ2n) is 6.50. The molecule has 126 valence electrons. The normalized spacial score (nSPS) is 26.0. The molecule has 0 aromatic carbocycles. The highest BCUT2D eigenvalue weighted by atomic mass is 19.3. The summed E-state index contributed by atoms with van der Waals surface area (Å²) < 4.78 is 25.9. The molecular weight excluding hydrogens is 310 g/mol. The molecule has 1 aromatic rings. The molecular formula is C18H20F2N4. The lowest BCUT2D eigenvalue weighted by Crippen LogP contribution is -2.35. The van der Waals surface area contributed by atoms with Crippen LogP contribution in [0.5, 0.6) is 0 Å². The zero-order valence-electron chi connectivity index (χ0n) is 13.3. The average Bonchev–Trinajstić information content (AvgIpc) is 3.26. The van der Waals surface area contributed by atoms with E-state index in [1.54, 1.807) is 12.3 Å². The number of hydrogen-bond acceptors (Lipinski definition) is 4. The van der Waals surface area contributed by atoms with Crippen molar-refractivity contribution in [3.05, 3.63) is 53.0 Å². The van der Waals surface area contributed by atoms with E-state index < -0.39 is 6.43 Å². The Labute approximate surface area is 139 Å². The van der Waals surface area contributed by atoms with Gasteiger partial charge in [0.25, 0.3) is 6.43 Å². The van der Waals surface area contributed by atoms with Crippen LogP contribution in [0.25, 0.3) is 0 Å². The SMILES string of the molecule is FC(F)c1cncc(C2C=C(NC3CCNC3)C3=NCC=C3C2)c1. The molecule has 24 heavy (non-hydrogen) atoms. The standard InChI is InChI=1S/C18H20F2N4/c19-18(20)14-6-13(8-22-9-14)12-5-11-1-4-23-17(11)16(7-12)24-15-2-3-21-10-15/h1,6-9,12,15,18,21,24H,2-5,10H2. The van der Waals surface area contributed by atoms with Crippen LogP contribution in [-0.4, -0.2) is 36.4 Å². The molecule has 2 atom stereocenters. The van der Waals surface area contributed by atoms with E-state index in [0.717, 1.165) is 42.9 Å². The Morgan fingerprint density at radius 1 is 1.29 bits per heavy atom. The van der Waals surface area contributed by atoms with E-state index in [9.17, 15) is 8.78 Å². The molecule has 4 rings (SSSR count). The second-order valence-corrected chi connectivity index (χ2v) is 6.50. The number of allylic oxidation sites excluding steroid dienone is 2. The zero-order valence-corrected chi connectivity index (χ0v) is 13.3. The maximum absolute atomic E-state index is 13.0. The molecule has 4 nitrogen and oxygen atoms in total. The van der Waals surface area contributed by atoms with Gasteiger partial charge in [0.05, 0.1) is 18.0 Å². The van der Waals surface area contributed by atoms with Crippen molar-refractivity contribution in [1.29, 1.82) is 0 Å². The number of nitrogens with one attached hydrogen (secondary N) is 2. The van der Waals surface area contributed by atoms with Crippen molar-refractivity contribution in [2.45, 2.75) is 31.2 Å². The lowest BCUT2D eigenvalue weighted by atomic mass is 9.84. The maximum atomic E-state index is 13.0. The first-order valence-electron chi connectivity index (χ1n) is 8.37. The Morgan fingerprint density at radius 3 is 3.00 bits per heavy atom. The van der Waals surface area contributed by atoms with Gasteiger partial charge >= 0.3 is 0 Å². The van der Waals surface area contributed by atoms with Crippen LogP contribution in [0.2, 0.25) is 0 Å². The number of aliphatic imine (C=N–C) groups is 1. The van der Waals surface area contributed by atoms with Gasteiger partial charge in [0.2, 0.25) is 0 Å². The van der Waals surface area contributed by atoms with Crippen molar-refractivity contribution in [2.75, 3.05) is 19.6 Å². The molecule has 2 N–H and O–H groups in total. The molecule has 1 aliphatic carbocycles. The van der Waals surface area contributed by atoms with E-state index in [1.807, 2.05) is 0 Å². The molecule has 3 aliphatic rings. The van der Waals surface area contributed by atoms with Crippen molar-refractivity contribution in [2.24, 2.45) is 4.99 Å². The van der Waals surface area contributed by atoms with Crippen molar-refractivity contribution < 1.29 is 8.78 Å².